The van der Waals surface area contributed by atoms with Gasteiger partial charge in [0.15, 0.2) is 0 Å². The largest absolute Gasteiger partial charge is 0.477 e. The predicted octanol–water partition coefficient (Wildman–Crippen LogP) is 2.26. The molecule has 1 aromatic rings. The Bertz CT molecular complexity index is 392. The van der Waals surface area contributed by atoms with Crippen LogP contribution in [0.25, 0.3) is 0 Å². The van der Waals surface area contributed by atoms with Gasteiger partial charge >= 0.3 is 5.97 Å². The topological polar surface area (TPSA) is 53.4 Å². The summed E-state index contributed by atoms with van der Waals surface area (Å²) in [6.07, 6.45) is 6.13. The summed E-state index contributed by atoms with van der Waals surface area (Å²) < 4.78 is 0. The lowest BCUT2D eigenvalue weighted by Gasteiger charge is -2.34. The van der Waals surface area contributed by atoms with Gasteiger partial charge in [0.2, 0.25) is 0 Å². The molecule has 4 nitrogen and oxygen atoms in total. The molecule has 0 bridgehead atoms. The average molecular weight is 254 g/mol. The number of carboxylic acids is 1. The third kappa shape index (κ3) is 3.04. The highest BCUT2D eigenvalue weighted by Gasteiger charge is 2.22. The molecule has 0 saturated carbocycles. The van der Waals surface area contributed by atoms with Crippen LogP contribution >= 0.6 is 11.3 Å². The Morgan fingerprint density at radius 2 is 2.47 bits per heavy atom. The summed E-state index contributed by atoms with van der Waals surface area (Å²) in [6, 6.07) is 0.543. The fourth-order valence-electron chi connectivity index (χ4n) is 2.41. The summed E-state index contributed by atoms with van der Waals surface area (Å²) in [7, 11) is 0. The number of hydrogen-bond acceptors (Lipinski definition) is 4. The third-order valence-corrected chi connectivity index (χ3v) is 4.34. The van der Waals surface area contributed by atoms with Crippen molar-refractivity contribution in [3.8, 4) is 0 Å². The van der Waals surface area contributed by atoms with E-state index in [-0.39, 0.29) is 0 Å². The molecule has 2 heterocycles. The van der Waals surface area contributed by atoms with Gasteiger partial charge in [-0.1, -0.05) is 13.3 Å². The van der Waals surface area contributed by atoms with Crippen molar-refractivity contribution in [2.75, 3.05) is 13.1 Å². The van der Waals surface area contributed by atoms with Crippen LogP contribution in [-0.4, -0.2) is 40.1 Å². The number of hydrogen-bond donors (Lipinski definition) is 1. The minimum atomic E-state index is -0.871. The number of aromatic carboxylic acids is 1. The van der Waals surface area contributed by atoms with Crippen LogP contribution in [0.3, 0.4) is 0 Å². The van der Waals surface area contributed by atoms with E-state index in [4.69, 9.17) is 5.11 Å². The molecule has 0 aliphatic carbocycles. The summed E-state index contributed by atoms with van der Waals surface area (Å²) in [5.41, 5.74) is 0. The molecule has 1 fully saturated rings. The first-order chi connectivity index (χ1) is 8.20. The number of likely N-dealkylation sites (tertiary alicyclic amines) is 1. The van der Waals surface area contributed by atoms with Gasteiger partial charge in [0, 0.05) is 12.5 Å². The van der Waals surface area contributed by atoms with Crippen LogP contribution in [-0.2, 0) is 6.42 Å². The smallest absolute Gasteiger partial charge is 0.347 e. The molecule has 0 amide bonds. The second-order valence-electron chi connectivity index (χ2n) is 4.41. The summed E-state index contributed by atoms with van der Waals surface area (Å²) in [4.78, 5) is 17.8. The van der Waals surface area contributed by atoms with Crippen molar-refractivity contribution >= 4 is 17.3 Å². The maximum Gasteiger partial charge on any atom is 0.347 e. The van der Waals surface area contributed by atoms with Gasteiger partial charge < -0.3 is 10.0 Å². The zero-order valence-electron chi connectivity index (χ0n) is 10.1. The van der Waals surface area contributed by atoms with Crippen molar-refractivity contribution in [3.63, 3.8) is 0 Å². The Morgan fingerprint density at radius 3 is 3.12 bits per heavy atom. The lowest BCUT2D eigenvalue weighted by atomic mass is 10.00. The van der Waals surface area contributed by atoms with Gasteiger partial charge in [0.25, 0.3) is 0 Å². The molecule has 1 saturated heterocycles. The lowest BCUT2D eigenvalue weighted by Crippen LogP contribution is -2.40. The van der Waals surface area contributed by atoms with E-state index in [9.17, 15) is 4.79 Å². The van der Waals surface area contributed by atoms with Crippen LogP contribution in [0.15, 0.2) is 6.20 Å². The van der Waals surface area contributed by atoms with Crippen LogP contribution in [0.2, 0.25) is 0 Å². The summed E-state index contributed by atoms with van der Waals surface area (Å²) in [5, 5.41) is 9.81. The standard InChI is InChI=1S/C12H18N2O2S/c1-2-14-6-4-3-5-9(14)7-11-13-8-10(17-11)12(15)16/h8-9H,2-7H2,1H3,(H,15,16). The van der Waals surface area contributed by atoms with Gasteiger partial charge in [-0.2, -0.15) is 0 Å². The van der Waals surface area contributed by atoms with Crippen molar-refractivity contribution in [2.45, 2.75) is 38.6 Å². The molecule has 94 valence electrons. The predicted molar refractivity (Wildman–Crippen MR) is 67.7 cm³/mol. The molecule has 1 aliphatic heterocycles. The summed E-state index contributed by atoms with van der Waals surface area (Å²) in [5.74, 6) is -0.871. The Morgan fingerprint density at radius 1 is 1.65 bits per heavy atom. The van der Waals surface area contributed by atoms with Crippen LogP contribution in [0.4, 0.5) is 0 Å². The van der Waals surface area contributed by atoms with Gasteiger partial charge in [0.1, 0.15) is 4.88 Å². The SMILES string of the molecule is CCN1CCCCC1Cc1ncc(C(=O)O)s1. The molecule has 1 N–H and O–H groups in total. The maximum atomic E-state index is 10.8. The normalized spacial score (nSPS) is 21.6. The van der Waals surface area contributed by atoms with E-state index in [0.717, 1.165) is 18.0 Å². The van der Waals surface area contributed by atoms with Gasteiger partial charge in [-0.25, -0.2) is 9.78 Å². The number of piperidine rings is 1. The number of carboxylic acid groups (broad SMARTS) is 1. The second kappa shape index (κ2) is 5.60. The monoisotopic (exact) mass is 254 g/mol. The van der Waals surface area contributed by atoms with Crippen molar-refractivity contribution in [2.24, 2.45) is 0 Å². The van der Waals surface area contributed by atoms with Gasteiger partial charge in [-0.05, 0) is 25.9 Å². The van der Waals surface area contributed by atoms with Crippen LogP contribution in [0.5, 0.6) is 0 Å². The molecule has 17 heavy (non-hydrogen) atoms. The van der Waals surface area contributed by atoms with Crippen molar-refractivity contribution < 1.29 is 9.90 Å². The van der Waals surface area contributed by atoms with Crippen LogP contribution in [0.1, 0.15) is 40.9 Å². The van der Waals surface area contributed by atoms with E-state index in [1.165, 1.54) is 43.3 Å². The first-order valence-corrected chi connectivity index (χ1v) is 6.94. The van der Waals surface area contributed by atoms with E-state index in [1.807, 2.05) is 0 Å². The zero-order valence-corrected chi connectivity index (χ0v) is 10.9. The van der Waals surface area contributed by atoms with Crippen molar-refractivity contribution in [1.82, 2.24) is 9.88 Å². The van der Waals surface area contributed by atoms with Crippen LogP contribution in [0, 0.1) is 0 Å². The van der Waals surface area contributed by atoms with E-state index in [2.05, 4.69) is 16.8 Å². The fraction of sp³-hybridized carbons (Fsp3) is 0.667. The Labute approximate surface area is 105 Å². The van der Waals surface area contributed by atoms with Crippen molar-refractivity contribution in [3.05, 3.63) is 16.1 Å². The van der Waals surface area contributed by atoms with E-state index < -0.39 is 5.97 Å². The maximum absolute atomic E-state index is 10.8. The third-order valence-electron chi connectivity index (χ3n) is 3.33. The first-order valence-electron chi connectivity index (χ1n) is 6.12. The minimum Gasteiger partial charge on any atom is -0.477 e. The summed E-state index contributed by atoms with van der Waals surface area (Å²) in [6.45, 7) is 4.42. The number of thiazole rings is 1. The number of rotatable bonds is 4. The second-order valence-corrected chi connectivity index (χ2v) is 5.52. The quantitative estimate of drug-likeness (QED) is 0.895. The Hall–Kier alpha value is -0.940. The molecule has 2 rings (SSSR count). The zero-order chi connectivity index (χ0) is 12.3. The molecule has 5 heteroatoms. The van der Waals surface area contributed by atoms with E-state index in [0.29, 0.717) is 10.9 Å². The Balaban J connectivity index is 2.00. The highest BCUT2D eigenvalue weighted by atomic mass is 32.1. The van der Waals surface area contributed by atoms with E-state index >= 15 is 0 Å². The highest BCUT2D eigenvalue weighted by Crippen LogP contribution is 2.22. The first kappa shape index (κ1) is 12.5. The van der Waals surface area contributed by atoms with Crippen LogP contribution < -0.4 is 0 Å². The number of nitrogens with zero attached hydrogens (tertiary/aromatic N) is 2. The average Bonchev–Trinajstić information content (AvgIpc) is 2.78. The van der Waals surface area contributed by atoms with Gasteiger partial charge in [-0.15, -0.1) is 11.3 Å². The molecule has 0 aromatic carbocycles. The molecule has 1 unspecified atom stereocenters. The van der Waals surface area contributed by atoms with Crippen molar-refractivity contribution in [1.29, 1.82) is 0 Å². The molecule has 0 spiro atoms. The lowest BCUT2D eigenvalue weighted by molar-refractivity contribution is 0.0702. The van der Waals surface area contributed by atoms with Gasteiger partial charge in [0.05, 0.1) is 11.2 Å². The molecule has 1 atom stereocenters. The molecular weight excluding hydrogens is 236 g/mol. The fourth-order valence-corrected chi connectivity index (χ4v) is 3.24. The highest BCUT2D eigenvalue weighted by molar-refractivity contribution is 7.13. The van der Waals surface area contributed by atoms with E-state index in [1.54, 1.807) is 0 Å². The number of carbonyl (C=O) groups is 1. The molecule has 1 aliphatic rings. The Kier molecular flexibility index (Phi) is 4.12. The number of aromatic nitrogens is 1. The van der Waals surface area contributed by atoms with Gasteiger partial charge in [-0.3, -0.25) is 0 Å². The molecular formula is C12H18N2O2S. The summed E-state index contributed by atoms with van der Waals surface area (Å²) >= 11 is 1.31. The molecule has 1 aromatic heterocycles. The number of likely N-dealkylation sites (N-methyl/N-ethyl adjacent to an activating group) is 1. The molecule has 0 radical (unpaired) electrons. The minimum absolute atomic E-state index is 0.346.